The minimum Gasteiger partial charge on any atom is -0.490 e. The fourth-order valence-electron chi connectivity index (χ4n) is 2.09. The Morgan fingerprint density at radius 3 is 2.67 bits per heavy atom. The van der Waals surface area contributed by atoms with Crippen molar-refractivity contribution in [2.75, 3.05) is 13.2 Å². The van der Waals surface area contributed by atoms with Gasteiger partial charge in [-0.1, -0.05) is 30.3 Å². The maximum atomic E-state index is 10.6. The first-order valence-electron chi connectivity index (χ1n) is 7.71. The molecule has 0 fully saturated rings. The topological polar surface area (TPSA) is 85.9 Å². The molecule has 2 aromatic carbocycles. The lowest BCUT2D eigenvalue weighted by Gasteiger charge is -2.12. The van der Waals surface area contributed by atoms with Crippen LogP contribution >= 0.6 is 0 Å². The average Bonchev–Trinajstić information content (AvgIpc) is 2.57. The zero-order chi connectivity index (χ0) is 17.2. The number of carbonyl (C=O) groups excluding carboxylic acids is 1. The zero-order valence-electron chi connectivity index (χ0n) is 13.6. The van der Waals surface area contributed by atoms with E-state index < -0.39 is 6.03 Å². The second kappa shape index (κ2) is 9.19. The van der Waals surface area contributed by atoms with E-state index in [2.05, 4.69) is 22.7 Å². The quantitative estimate of drug-likeness (QED) is 0.577. The predicted molar refractivity (Wildman–Crippen MR) is 93.6 cm³/mol. The van der Waals surface area contributed by atoms with Crippen LogP contribution in [0, 0.1) is 0 Å². The lowest BCUT2D eigenvalue weighted by molar-refractivity contribution is 0.249. The summed E-state index contributed by atoms with van der Waals surface area (Å²) in [5, 5.41) is 3.73. The van der Waals surface area contributed by atoms with Gasteiger partial charge in [0.05, 0.1) is 19.4 Å². The number of hydrogen-bond acceptors (Lipinski definition) is 4. The minimum atomic E-state index is -0.711. The molecule has 2 rings (SSSR count). The number of urea groups is 1. The largest absolute Gasteiger partial charge is 0.490 e. The van der Waals surface area contributed by atoms with E-state index >= 15 is 0 Å². The number of nitrogens with one attached hydrogen (secondary N) is 1. The van der Waals surface area contributed by atoms with E-state index in [-0.39, 0.29) is 0 Å². The normalized spacial score (nSPS) is 10.5. The summed E-state index contributed by atoms with van der Waals surface area (Å²) in [7, 11) is 0. The lowest BCUT2D eigenvalue weighted by Crippen LogP contribution is -2.24. The van der Waals surface area contributed by atoms with Crippen LogP contribution in [0.2, 0.25) is 0 Å². The summed E-state index contributed by atoms with van der Waals surface area (Å²) < 4.78 is 11.4. The van der Waals surface area contributed by atoms with Crippen molar-refractivity contribution in [2.24, 2.45) is 10.8 Å². The van der Waals surface area contributed by atoms with Gasteiger partial charge < -0.3 is 15.2 Å². The van der Waals surface area contributed by atoms with E-state index in [9.17, 15) is 4.79 Å². The third kappa shape index (κ3) is 5.64. The molecule has 0 atom stereocenters. The number of hydrazone groups is 1. The summed E-state index contributed by atoms with van der Waals surface area (Å²) in [5.41, 5.74) is 9.09. The highest BCUT2D eigenvalue weighted by Crippen LogP contribution is 2.28. The van der Waals surface area contributed by atoms with Gasteiger partial charge in [-0.2, -0.15) is 5.10 Å². The molecule has 2 amide bonds. The fourth-order valence-corrected chi connectivity index (χ4v) is 2.09. The highest BCUT2D eigenvalue weighted by atomic mass is 16.5. The van der Waals surface area contributed by atoms with Gasteiger partial charge in [-0.15, -0.1) is 0 Å². The number of hydrogen-bond donors (Lipinski definition) is 2. The predicted octanol–water partition coefficient (Wildman–Crippen LogP) is 2.71. The SMILES string of the molecule is CCOc1cc(/C=N/NC(N)=O)ccc1OCCc1ccccc1. The molecule has 126 valence electrons. The van der Waals surface area contributed by atoms with Crippen molar-refractivity contribution >= 4 is 12.2 Å². The number of amides is 2. The number of carbonyl (C=O) groups is 1. The van der Waals surface area contributed by atoms with Gasteiger partial charge in [-0.05, 0) is 36.2 Å². The Kier molecular flexibility index (Phi) is 6.64. The van der Waals surface area contributed by atoms with Crippen LogP contribution in [-0.2, 0) is 6.42 Å². The van der Waals surface area contributed by atoms with Crippen LogP contribution in [0.25, 0.3) is 0 Å². The van der Waals surface area contributed by atoms with E-state index in [1.165, 1.54) is 11.8 Å². The van der Waals surface area contributed by atoms with Crippen molar-refractivity contribution in [3.63, 3.8) is 0 Å². The average molecular weight is 327 g/mol. The number of primary amides is 1. The van der Waals surface area contributed by atoms with Gasteiger partial charge in [0.15, 0.2) is 11.5 Å². The Hall–Kier alpha value is -3.02. The molecule has 0 aliphatic rings. The third-order valence-electron chi connectivity index (χ3n) is 3.15. The Bertz CT molecular complexity index is 687. The van der Waals surface area contributed by atoms with Crippen molar-refractivity contribution in [3.05, 3.63) is 59.7 Å². The second-order valence-corrected chi connectivity index (χ2v) is 4.96. The van der Waals surface area contributed by atoms with Gasteiger partial charge in [-0.3, -0.25) is 0 Å². The van der Waals surface area contributed by atoms with E-state index in [1.807, 2.05) is 37.3 Å². The van der Waals surface area contributed by atoms with Crippen molar-refractivity contribution in [2.45, 2.75) is 13.3 Å². The molecular weight excluding hydrogens is 306 g/mol. The number of ether oxygens (including phenoxy) is 2. The first-order valence-corrected chi connectivity index (χ1v) is 7.71. The number of nitrogens with two attached hydrogens (primary N) is 1. The Morgan fingerprint density at radius 2 is 1.96 bits per heavy atom. The minimum absolute atomic E-state index is 0.523. The molecule has 2 aromatic rings. The van der Waals surface area contributed by atoms with Crippen molar-refractivity contribution in [1.29, 1.82) is 0 Å². The molecule has 6 nitrogen and oxygen atoms in total. The fraction of sp³-hybridized carbons (Fsp3) is 0.222. The van der Waals surface area contributed by atoms with Crippen LogP contribution < -0.4 is 20.6 Å². The van der Waals surface area contributed by atoms with Crippen molar-refractivity contribution in [1.82, 2.24) is 5.43 Å². The van der Waals surface area contributed by atoms with E-state index in [0.717, 1.165) is 12.0 Å². The summed E-state index contributed by atoms with van der Waals surface area (Å²) in [6, 6.07) is 14.9. The molecule has 3 N–H and O–H groups in total. The number of nitrogens with zero attached hydrogens (tertiary/aromatic N) is 1. The van der Waals surface area contributed by atoms with E-state index in [1.54, 1.807) is 6.07 Å². The van der Waals surface area contributed by atoms with Crippen LogP contribution in [0.15, 0.2) is 53.6 Å². The second-order valence-electron chi connectivity index (χ2n) is 4.96. The van der Waals surface area contributed by atoms with Crippen LogP contribution in [-0.4, -0.2) is 25.5 Å². The molecule has 0 aliphatic heterocycles. The maximum absolute atomic E-state index is 10.6. The molecule has 24 heavy (non-hydrogen) atoms. The molecule has 0 aromatic heterocycles. The number of rotatable bonds is 8. The van der Waals surface area contributed by atoms with Gasteiger partial charge in [-0.25, -0.2) is 10.2 Å². The van der Waals surface area contributed by atoms with Crippen LogP contribution in [0.3, 0.4) is 0 Å². The van der Waals surface area contributed by atoms with Crippen molar-refractivity contribution in [3.8, 4) is 11.5 Å². The van der Waals surface area contributed by atoms with Crippen LogP contribution in [0.4, 0.5) is 4.79 Å². The zero-order valence-corrected chi connectivity index (χ0v) is 13.6. The van der Waals surface area contributed by atoms with Gasteiger partial charge in [0.25, 0.3) is 0 Å². The molecule has 0 unspecified atom stereocenters. The molecule has 0 aliphatic carbocycles. The summed E-state index contributed by atoms with van der Waals surface area (Å²) >= 11 is 0. The van der Waals surface area contributed by atoms with Gasteiger partial charge >= 0.3 is 6.03 Å². The molecule has 0 radical (unpaired) electrons. The van der Waals surface area contributed by atoms with Gasteiger partial charge in [0.2, 0.25) is 0 Å². The van der Waals surface area contributed by atoms with Crippen LogP contribution in [0.5, 0.6) is 11.5 Å². The van der Waals surface area contributed by atoms with E-state index in [4.69, 9.17) is 15.2 Å². The standard InChI is InChI=1S/C18H21N3O3/c1-2-23-17-12-15(13-20-21-18(19)22)8-9-16(17)24-11-10-14-6-4-3-5-7-14/h3-9,12-13H,2,10-11H2,1H3,(H3,19,21,22)/b20-13+. The molecule has 0 heterocycles. The molecule has 0 spiro atoms. The van der Waals surface area contributed by atoms with Gasteiger partial charge in [0, 0.05) is 6.42 Å². The smallest absolute Gasteiger partial charge is 0.332 e. The monoisotopic (exact) mass is 327 g/mol. The maximum Gasteiger partial charge on any atom is 0.332 e. The lowest BCUT2D eigenvalue weighted by atomic mass is 10.2. The summed E-state index contributed by atoms with van der Waals surface area (Å²) in [4.78, 5) is 10.6. The Labute approximate surface area is 141 Å². The Morgan fingerprint density at radius 1 is 1.17 bits per heavy atom. The summed E-state index contributed by atoms with van der Waals surface area (Å²) in [5.74, 6) is 1.31. The molecule has 0 bridgehead atoms. The first-order chi connectivity index (χ1) is 11.7. The first kappa shape index (κ1) is 17.3. The third-order valence-corrected chi connectivity index (χ3v) is 3.15. The summed E-state index contributed by atoms with van der Waals surface area (Å²) in [6.07, 6.45) is 2.30. The summed E-state index contributed by atoms with van der Waals surface area (Å²) in [6.45, 7) is 2.99. The van der Waals surface area contributed by atoms with Crippen molar-refractivity contribution < 1.29 is 14.3 Å². The number of benzene rings is 2. The molecule has 6 heteroatoms. The molecule has 0 saturated heterocycles. The van der Waals surface area contributed by atoms with Gasteiger partial charge in [0.1, 0.15) is 0 Å². The highest BCUT2D eigenvalue weighted by Gasteiger charge is 2.06. The van der Waals surface area contributed by atoms with Crippen LogP contribution in [0.1, 0.15) is 18.1 Å². The molecule has 0 saturated carbocycles. The highest BCUT2D eigenvalue weighted by molar-refractivity contribution is 5.82. The Balaban J connectivity index is 2.00. The van der Waals surface area contributed by atoms with E-state index in [0.29, 0.717) is 24.7 Å². The molecular formula is C18H21N3O3.